The van der Waals surface area contributed by atoms with Crippen LogP contribution in [0.4, 0.5) is 14.9 Å². The van der Waals surface area contributed by atoms with E-state index in [4.69, 9.17) is 9.47 Å². The number of anilines is 1. The Kier molecular flexibility index (Phi) is 6.06. The van der Waals surface area contributed by atoms with E-state index in [0.29, 0.717) is 19.6 Å². The minimum Gasteiger partial charge on any atom is -0.447 e. The molecule has 1 aromatic rings. The van der Waals surface area contributed by atoms with E-state index in [0.717, 1.165) is 24.1 Å². The van der Waals surface area contributed by atoms with E-state index >= 15 is 0 Å². The maximum Gasteiger partial charge on any atom is 0.414 e. The Balaban J connectivity index is 1.60. The number of hydrogen-bond donors (Lipinski definition) is 1. The molecule has 0 unspecified atom stereocenters. The lowest BCUT2D eigenvalue weighted by Gasteiger charge is -2.30. The molecule has 1 aromatic carbocycles. The normalized spacial score (nSPS) is 28.6. The second-order valence-corrected chi connectivity index (χ2v) is 8.15. The molecule has 2 heterocycles. The largest absolute Gasteiger partial charge is 0.447 e. The Morgan fingerprint density at radius 2 is 1.93 bits per heavy atom. The van der Waals surface area contributed by atoms with Gasteiger partial charge in [0, 0.05) is 18.2 Å². The summed E-state index contributed by atoms with van der Waals surface area (Å²) in [6.07, 6.45) is 1.55. The van der Waals surface area contributed by atoms with Gasteiger partial charge in [0.25, 0.3) is 0 Å². The van der Waals surface area contributed by atoms with Crippen LogP contribution in [0.1, 0.15) is 39.2 Å². The quantitative estimate of drug-likeness (QED) is 0.784. The molecule has 0 aromatic heterocycles. The van der Waals surface area contributed by atoms with Crippen LogP contribution in [0.5, 0.6) is 0 Å². The number of carbonyl (C=O) groups is 1. The van der Waals surface area contributed by atoms with E-state index in [1.807, 2.05) is 24.3 Å². The van der Waals surface area contributed by atoms with Gasteiger partial charge in [-0.15, -0.1) is 0 Å². The third-order valence-corrected chi connectivity index (χ3v) is 5.84. The molecule has 0 spiro atoms. The summed E-state index contributed by atoms with van der Waals surface area (Å²) >= 11 is 0. The van der Waals surface area contributed by atoms with Crippen LogP contribution in [0.2, 0.25) is 0 Å². The first-order chi connectivity index (χ1) is 12.8. The first kappa shape index (κ1) is 20.1. The second-order valence-electron chi connectivity index (χ2n) is 8.15. The zero-order valence-electron chi connectivity index (χ0n) is 16.4. The molecule has 1 amide bonds. The lowest BCUT2D eigenvalue weighted by Crippen LogP contribution is -2.37. The van der Waals surface area contributed by atoms with Crippen LogP contribution in [0.25, 0.3) is 0 Å². The molecule has 2 aliphatic heterocycles. The SMILES string of the molecule is C[C@@H]1[C@@H](C(C)(C)F)[C@H](CCO)O[C@@H]1CCc1ccc(N2CCOC2=O)cc1. The number of nitrogens with zero attached hydrogens (tertiary/aromatic N) is 1. The molecular formula is C21H30FNO4. The fraction of sp³-hybridized carbons (Fsp3) is 0.667. The molecular weight excluding hydrogens is 349 g/mol. The number of aryl methyl sites for hydroxylation is 1. The van der Waals surface area contributed by atoms with E-state index < -0.39 is 5.67 Å². The van der Waals surface area contributed by atoms with Gasteiger partial charge in [-0.05, 0) is 56.7 Å². The topological polar surface area (TPSA) is 59.0 Å². The van der Waals surface area contributed by atoms with Crippen molar-refractivity contribution in [3.63, 3.8) is 0 Å². The number of rotatable bonds is 7. The minimum absolute atomic E-state index is 0.0110. The summed E-state index contributed by atoms with van der Waals surface area (Å²) < 4.78 is 25.8. The van der Waals surface area contributed by atoms with Gasteiger partial charge >= 0.3 is 6.09 Å². The van der Waals surface area contributed by atoms with Crippen molar-refractivity contribution >= 4 is 11.8 Å². The molecule has 0 saturated carbocycles. The van der Waals surface area contributed by atoms with Crippen LogP contribution in [0, 0.1) is 11.8 Å². The van der Waals surface area contributed by atoms with E-state index in [1.54, 1.807) is 18.7 Å². The Labute approximate surface area is 160 Å². The predicted octanol–water partition coefficient (Wildman–Crippen LogP) is 3.73. The van der Waals surface area contributed by atoms with Crippen molar-refractivity contribution < 1.29 is 23.8 Å². The Morgan fingerprint density at radius 1 is 1.22 bits per heavy atom. The lowest BCUT2D eigenvalue weighted by atomic mass is 9.77. The zero-order chi connectivity index (χ0) is 19.6. The molecule has 2 saturated heterocycles. The molecule has 4 atom stereocenters. The number of carbonyl (C=O) groups excluding carboxylic acids is 1. The van der Waals surface area contributed by atoms with Crippen LogP contribution in [-0.4, -0.2) is 48.8 Å². The highest BCUT2D eigenvalue weighted by Crippen LogP contribution is 2.43. The monoisotopic (exact) mass is 379 g/mol. The van der Waals surface area contributed by atoms with Gasteiger partial charge in [0.2, 0.25) is 0 Å². The number of cyclic esters (lactones) is 1. The number of alkyl halides is 1. The van der Waals surface area contributed by atoms with Gasteiger partial charge in [0.05, 0.1) is 18.8 Å². The van der Waals surface area contributed by atoms with Gasteiger partial charge in [-0.2, -0.15) is 0 Å². The number of amides is 1. The molecule has 5 nitrogen and oxygen atoms in total. The summed E-state index contributed by atoms with van der Waals surface area (Å²) in [6.45, 7) is 6.28. The standard InChI is InChI=1S/C21H30FNO4/c1-14-17(27-18(10-12-24)19(14)21(2,3)22)9-6-15-4-7-16(8-5-15)23-11-13-26-20(23)25/h4-5,7-8,14,17-19,24H,6,9-13H2,1-3H3/t14-,17+,18-,19+/m0/s1. The Bertz CT molecular complexity index is 643. The van der Waals surface area contributed by atoms with Gasteiger partial charge in [0.1, 0.15) is 12.3 Å². The maximum atomic E-state index is 14.7. The average molecular weight is 379 g/mol. The maximum absolute atomic E-state index is 14.7. The summed E-state index contributed by atoms with van der Waals surface area (Å²) in [5.41, 5.74) is 0.665. The van der Waals surface area contributed by atoms with Crippen molar-refractivity contribution in [3.05, 3.63) is 29.8 Å². The van der Waals surface area contributed by atoms with E-state index in [1.165, 1.54) is 0 Å². The summed E-state index contributed by atoms with van der Waals surface area (Å²) in [6, 6.07) is 7.90. The van der Waals surface area contributed by atoms with E-state index in [9.17, 15) is 14.3 Å². The molecule has 3 rings (SSSR count). The molecule has 0 bridgehead atoms. The summed E-state index contributed by atoms with van der Waals surface area (Å²) in [4.78, 5) is 13.3. The van der Waals surface area contributed by atoms with E-state index in [2.05, 4.69) is 6.92 Å². The van der Waals surface area contributed by atoms with Crippen molar-refractivity contribution in [1.29, 1.82) is 0 Å². The third kappa shape index (κ3) is 4.43. The number of halogens is 1. The molecule has 150 valence electrons. The molecule has 2 aliphatic rings. The second kappa shape index (κ2) is 8.15. The Morgan fingerprint density at radius 3 is 2.48 bits per heavy atom. The fourth-order valence-electron chi connectivity index (χ4n) is 4.56. The number of aliphatic hydroxyl groups excluding tert-OH is 1. The van der Waals surface area contributed by atoms with E-state index in [-0.39, 0.29) is 36.7 Å². The highest BCUT2D eigenvalue weighted by atomic mass is 19.1. The zero-order valence-corrected chi connectivity index (χ0v) is 16.4. The predicted molar refractivity (Wildman–Crippen MR) is 102 cm³/mol. The average Bonchev–Trinajstić information content (AvgIpc) is 3.17. The van der Waals surface area contributed by atoms with Crippen LogP contribution in [0.3, 0.4) is 0 Å². The van der Waals surface area contributed by atoms with Crippen molar-refractivity contribution in [2.24, 2.45) is 11.8 Å². The first-order valence-corrected chi connectivity index (χ1v) is 9.79. The van der Waals surface area contributed by atoms with Crippen molar-refractivity contribution in [3.8, 4) is 0 Å². The number of hydrogen-bond acceptors (Lipinski definition) is 4. The van der Waals surface area contributed by atoms with Gasteiger partial charge in [-0.1, -0.05) is 19.1 Å². The number of benzene rings is 1. The fourth-order valence-corrected chi connectivity index (χ4v) is 4.56. The minimum atomic E-state index is -1.33. The molecule has 2 fully saturated rings. The van der Waals surface area contributed by atoms with Crippen LogP contribution in [0.15, 0.2) is 24.3 Å². The molecule has 0 aliphatic carbocycles. The molecule has 27 heavy (non-hydrogen) atoms. The van der Waals surface area contributed by atoms with Crippen molar-refractivity contribution in [2.75, 3.05) is 24.7 Å². The van der Waals surface area contributed by atoms with Gasteiger partial charge in [-0.25, -0.2) is 9.18 Å². The summed E-state index contributed by atoms with van der Waals surface area (Å²) in [5.74, 6) is -0.113. The summed E-state index contributed by atoms with van der Waals surface area (Å²) in [5, 5.41) is 9.29. The molecule has 1 N–H and O–H groups in total. The Hall–Kier alpha value is -1.66. The summed E-state index contributed by atoms with van der Waals surface area (Å²) in [7, 11) is 0. The smallest absolute Gasteiger partial charge is 0.414 e. The molecule has 6 heteroatoms. The number of ether oxygens (including phenoxy) is 2. The van der Waals surface area contributed by atoms with Gasteiger partial charge in [0.15, 0.2) is 0 Å². The van der Waals surface area contributed by atoms with Crippen LogP contribution < -0.4 is 4.90 Å². The molecule has 0 radical (unpaired) electrons. The highest BCUT2D eigenvalue weighted by Gasteiger charge is 2.48. The van der Waals surface area contributed by atoms with Crippen LogP contribution in [-0.2, 0) is 15.9 Å². The lowest BCUT2D eigenvalue weighted by molar-refractivity contribution is -0.00839. The highest BCUT2D eigenvalue weighted by molar-refractivity contribution is 5.89. The number of aliphatic hydroxyl groups is 1. The van der Waals surface area contributed by atoms with Gasteiger partial charge < -0.3 is 14.6 Å². The van der Waals surface area contributed by atoms with Crippen molar-refractivity contribution in [2.45, 2.75) is 57.9 Å². The van der Waals surface area contributed by atoms with Crippen molar-refractivity contribution in [1.82, 2.24) is 0 Å². The van der Waals surface area contributed by atoms with Crippen LogP contribution >= 0.6 is 0 Å². The van der Waals surface area contributed by atoms with Gasteiger partial charge in [-0.3, -0.25) is 4.90 Å². The third-order valence-electron chi connectivity index (χ3n) is 5.84. The first-order valence-electron chi connectivity index (χ1n) is 9.79.